The zero-order chi connectivity index (χ0) is 21.1. The molecule has 0 atom stereocenters. The topological polar surface area (TPSA) is 102 Å². The largest absolute Gasteiger partial charge is 0.508 e. The van der Waals surface area contributed by atoms with Crippen molar-refractivity contribution in [1.82, 2.24) is 5.32 Å². The maximum absolute atomic E-state index is 12.7. The van der Waals surface area contributed by atoms with Gasteiger partial charge in [0.2, 0.25) is 0 Å². The van der Waals surface area contributed by atoms with Crippen molar-refractivity contribution in [3.63, 3.8) is 0 Å². The Morgan fingerprint density at radius 2 is 1.64 bits per heavy atom. The Morgan fingerprint density at radius 1 is 1.00 bits per heavy atom. The predicted molar refractivity (Wildman–Crippen MR) is 111 cm³/mol. The van der Waals surface area contributed by atoms with Crippen molar-refractivity contribution in [3.05, 3.63) is 47.5 Å². The molecule has 150 valence electrons. The van der Waals surface area contributed by atoms with Crippen LogP contribution in [-0.4, -0.2) is 33.0 Å². The highest BCUT2D eigenvalue weighted by Crippen LogP contribution is 2.29. The maximum atomic E-state index is 12.7. The van der Waals surface area contributed by atoms with Gasteiger partial charge in [0.25, 0.3) is 5.91 Å². The van der Waals surface area contributed by atoms with Crippen LogP contribution in [0.5, 0.6) is 17.2 Å². The summed E-state index contributed by atoms with van der Waals surface area (Å²) >= 11 is 0. The van der Waals surface area contributed by atoms with E-state index in [4.69, 9.17) is 0 Å². The summed E-state index contributed by atoms with van der Waals surface area (Å²) in [4.78, 5) is 16.9. The highest BCUT2D eigenvalue weighted by Gasteiger charge is 2.28. The minimum Gasteiger partial charge on any atom is -0.508 e. The Kier molecular flexibility index (Phi) is 6.02. The molecule has 2 rings (SSSR count). The van der Waals surface area contributed by atoms with Crippen LogP contribution in [0.4, 0.5) is 5.69 Å². The number of aromatic hydroxyl groups is 3. The van der Waals surface area contributed by atoms with Crippen molar-refractivity contribution in [2.24, 2.45) is 10.4 Å². The molecule has 0 heterocycles. The lowest BCUT2D eigenvalue weighted by atomic mass is 9.81. The molecule has 6 heteroatoms. The lowest BCUT2D eigenvalue weighted by Gasteiger charge is -2.33. The van der Waals surface area contributed by atoms with Gasteiger partial charge in [-0.2, -0.15) is 0 Å². The van der Waals surface area contributed by atoms with Crippen molar-refractivity contribution in [3.8, 4) is 17.2 Å². The molecular weight excluding hydrogens is 356 g/mol. The van der Waals surface area contributed by atoms with E-state index in [9.17, 15) is 20.1 Å². The zero-order valence-electron chi connectivity index (χ0n) is 16.9. The first-order chi connectivity index (χ1) is 12.9. The second kappa shape index (κ2) is 7.92. The molecule has 0 saturated carbocycles. The summed E-state index contributed by atoms with van der Waals surface area (Å²) in [5, 5.41) is 32.4. The summed E-state index contributed by atoms with van der Waals surface area (Å²) in [6.07, 6.45) is 2.15. The summed E-state index contributed by atoms with van der Waals surface area (Å²) < 4.78 is 0. The molecule has 6 nitrogen and oxygen atoms in total. The van der Waals surface area contributed by atoms with Crippen molar-refractivity contribution in [1.29, 1.82) is 0 Å². The summed E-state index contributed by atoms with van der Waals surface area (Å²) in [6, 6.07) is 8.55. The molecule has 0 unspecified atom stereocenters. The van der Waals surface area contributed by atoms with Crippen LogP contribution in [0.25, 0.3) is 0 Å². The fraction of sp³-hybridized carbons (Fsp3) is 0.364. The Balaban J connectivity index is 2.24. The van der Waals surface area contributed by atoms with Crippen molar-refractivity contribution >= 4 is 17.8 Å². The number of nitrogens with one attached hydrogen (secondary N) is 1. The SMILES string of the molecule is CC(C)(C)CC(C)(C)NC(=O)c1cc(N=Cc2cc(O)ccc2O)ccc1O. The van der Waals surface area contributed by atoms with Crippen molar-refractivity contribution < 1.29 is 20.1 Å². The first kappa shape index (κ1) is 21.3. The molecule has 0 aliphatic heterocycles. The molecule has 0 aliphatic rings. The number of aliphatic imine (C=N–C) groups is 1. The molecule has 0 fully saturated rings. The number of carbonyl (C=O) groups excluding carboxylic acids is 1. The summed E-state index contributed by atoms with van der Waals surface area (Å²) in [5.74, 6) is -0.541. The molecule has 4 N–H and O–H groups in total. The lowest BCUT2D eigenvalue weighted by Crippen LogP contribution is -2.45. The second-order valence-corrected chi connectivity index (χ2v) is 8.78. The van der Waals surface area contributed by atoms with Crippen LogP contribution < -0.4 is 5.32 Å². The van der Waals surface area contributed by atoms with Gasteiger partial charge in [0.15, 0.2) is 0 Å². The van der Waals surface area contributed by atoms with Gasteiger partial charge in [-0.3, -0.25) is 9.79 Å². The van der Waals surface area contributed by atoms with Gasteiger partial charge in [-0.05, 0) is 62.1 Å². The number of rotatable bonds is 5. The highest BCUT2D eigenvalue weighted by molar-refractivity contribution is 5.98. The van der Waals surface area contributed by atoms with Gasteiger partial charge < -0.3 is 20.6 Å². The van der Waals surface area contributed by atoms with Crippen LogP contribution in [0.2, 0.25) is 0 Å². The van der Waals surface area contributed by atoms with E-state index in [-0.39, 0.29) is 34.1 Å². The maximum Gasteiger partial charge on any atom is 0.255 e. The smallest absolute Gasteiger partial charge is 0.255 e. The number of carbonyl (C=O) groups is 1. The normalized spacial score (nSPS) is 12.3. The fourth-order valence-corrected chi connectivity index (χ4v) is 3.32. The molecule has 28 heavy (non-hydrogen) atoms. The van der Waals surface area contributed by atoms with Gasteiger partial charge in [0, 0.05) is 17.3 Å². The van der Waals surface area contributed by atoms with Gasteiger partial charge in [0.05, 0.1) is 11.3 Å². The zero-order valence-corrected chi connectivity index (χ0v) is 16.9. The molecular formula is C22H28N2O4. The molecule has 2 aromatic rings. The Morgan fingerprint density at radius 3 is 2.29 bits per heavy atom. The van der Waals surface area contributed by atoms with Crippen molar-refractivity contribution in [2.75, 3.05) is 0 Å². The summed E-state index contributed by atoms with van der Waals surface area (Å²) in [7, 11) is 0. The third-order valence-corrected chi connectivity index (χ3v) is 4.01. The van der Waals surface area contributed by atoms with Crippen LogP contribution in [0.15, 0.2) is 41.4 Å². The number of benzene rings is 2. The number of nitrogens with zero attached hydrogens (tertiary/aromatic N) is 1. The molecule has 0 spiro atoms. The number of amides is 1. The molecule has 2 aromatic carbocycles. The lowest BCUT2D eigenvalue weighted by molar-refractivity contribution is 0.0889. The van der Waals surface area contributed by atoms with E-state index < -0.39 is 5.54 Å². The molecule has 0 bridgehead atoms. The molecule has 0 aromatic heterocycles. The molecule has 0 aliphatic carbocycles. The average Bonchev–Trinajstić information content (AvgIpc) is 2.54. The Labute approximate surface area is 165 Å². The predicted octanol–water partition coefficient (Wildman–Crippen LogP) is 4.50. The number of phenols is 3. The van der Waals surface area contributed by atoms with E-state index in [0.29, 0.717) is 11.3 Å². The van der Waals surface area contributed by atoms with E-state index in [1.807, 2.05) is 13.8 Å². The van der Waals surface area contributed by atoms with E-state index >= 15 is 0 Å². The monoisotopic (exact) mass is 384 g/mol. The van der Waals surface area contributed by atoms with Crippen molar-refractivity contribution in [2.45, 2.75) is 46.6 Å². The van der Waals surface area contributed by atoms with E-state index in [1.165, 1.54) is 36.5 Å². The van der Waals surface area contributed by atoms with Crippen LogP contribution in [0.3, 0.4) is 0 Å². The average molecular weight is 384 g/mol. The number of hydrogen-bond acceptors (Lipinski definition) is 5. The molecule has 1 amide bonds. The van der Waals surface area contributed by atoms with E-state index in [1.54, 1.807) is 6.07 Å². The van der Waals surface area contributed by atoms with Crippen LogP contribution in [0, 0.1) is 5.41 Å². The third kappa shape index (κ3) is 6.01. The van der Waals surface area contributed by atoms with Gasteiger partial charge in [-0.25, -0.2) is 0 Å². The first-order valence-electron chi connectivity index (χ1n) is 9.08. The van der Waals surface area contributed by atoms with Gasteiger partial charge in [-0.1, -0.05) is 20.8 Å². The summed E-state index contributed by atoms with van der Waals surface area (Å²) in [6.45, 7) is 10.2. The van der Waals surface area contributed by atoms with E-state index in [2.05, 4.69) is 31.1 Å². The van der Waals surface area contributed by atoms with Gasteiger partial charge in [-0.15, -0.1) is 0 Å². The minimum absolute atomic E-state index is 0.00565. The number of hydrogen-bond donors (Lipinski definition) is 4. The quantitative estimate of drug-likeness (QED) is 0.450. The highest BCUT2D eigenvalue weighted by atomic mass is 16.3. The summed E-state index contributed by atoms with van der Waals surface area (Å²) in [5.41, 5.74) is 0.476. The first-order valence-corrected chi connectivity index (χ1v) is 9.08. The molecule has 0 radical (unpaired) electrons. The van der Waals surface area contributed by atoms with Gasteiger partial charge in [0.1, 0.15) is 17.2 Å². The fourth-order valence-electron chi connectivity index (χ4n) is 3.32. The Hall–Kier alpha value is -3.02. The van der Waals surface area contributed by atoms with Gasteiger partial charge >= 0.3 is 0 Å². The molecule has 0 saturated heterocycles. The van der Waals surface area contributed by atoms with E-state index in [0.717, 1.165) is 6.42 Å². The Bertz CT molecular complexity index is 896. The van der Waals surface area contributed by atoms with Crippen LogP contribution in [0.1, 0.15) is 57.0 Å². The van der Waals surface area contributed by atoms with Crippen LogP contribution in [-0.2, 0) is 0 Å². The third-order valence-electron chi connectivity index (χ3n) is 4.01. The number of phenolic OH excluding ortho intramolecular Hbond substituents is 3. The minimum atomic E-state index is -0.450. The standard InChI is InChI=1S/C22H28N2O4/c1-21(2,3)13-22(4,5)24-20(28)17-11-15(6-8-19(17)27)23-12-14-10-16(25)7-9-18(14)26/h6-12,25-27H,13H2,1-5H3,(H,24,28). The second-order valence-electron chi connectivity index (χ2n) is 8.78. The van der Waals surface area contributed by atoms with Crippen LogP contribution >= 0.6 is 0 Å².